The highest BCUT2D eigenvalue weighted by atomic mass is 16.5. The van der Waals surface area contributed by atoms with Crippen LogP contribution in [-0.4, -0.2) is 0 Å². The first kappa shape index (κ1) is 39.0. The van der Waals surface area contributed by atoms with Crippen molar-refractivity contribution < 1.29 is 4.74 Å². The number of hydrogen-bond acceptors (Lipinski definition) is 2. The summed E-state index contributed by atoms with van der Waals surface area (Å²) in [6.45, 7) is 13.9. The van der Waals surface area contributed by atoms with Crippen LogP contribution in [0.1, 0.15) is 97.2 Å². The maximum absolute atomic E-state index is 7.00. The second kappa shape index (κ2) is 13.6. The summed E-state index contributed by atoms with van der Waals surface area (Å²) in [5, 5.41) is 0. The number of para-hydroxylation sites is 1. The number of benzene rings is 9. The van der Waals surface area contributed by atoms with E-state index in [2.05, 4.69) is 247 Å². The number of anilines is 3. The van der Waals surface area contributed by atoms with E-state index in [0.29, 0.717) is 0 Å². The van der Waals surface area contributed by atoms with E-state index in [1.807, 2.05) is 0 Å². The number of hydrogen-bond donors (Lipinski definition) is 0. The highest BCUT2D eigenvalue weighted by molar-refractivity contribution is 5.97. The predicted molar refractivity (Wildman–Crippen MR) is 272 cm³/mol. The summed E-state index contributed by atoms with van der Waals surface area (Å²) in [6, 6.07) is 75.6. The molecule has 0 aromatic heterocycles. The van der Waals surface area contributed by atoms with Gasteiger partial charge in [-0.3, -0.25) is 0 Å². The smallest absolute Gasteiger partial charge is 0.132 e. The Kier molecular flexibility index (Phi) is 8.01. The van der Waals surface area contributed by atoms with Crippen LogP contribution >= 0.6 is 0 Å². The molecule has 0 bridgehead atoms. The largest absolute Gasteiger partial charge is 0.457 e. The van der Waals surface area contributed by atoms with Gasteiger partial charge < -0.3 is 9.64 Å². The molecular weight excluding hydrogens is 799 g/mol. The van der Waals surface area contributed by atoms with E-state index in [0.717, 1.165) is 28.6 Å². The zero-order valence-electron chi connectivity index (χ0n) is 38.4. The standard InChI is InChI=1S/C64H51NO/c1-61(2,3)40-28-34-59-57(36-40)64(58-37-41(62(4,5)6)29-35-60(58)66-59)54-27-17-13-23-48(54)50-33-31-44(39-56(50)64)65(42-18-8-7-9-19-42)43-30-32-49-47-22-12-16-26-53(47)63(55(49)38-43)51-24-14-10-20-45(51)46-21-11-15-25-52(46)63/h7-39H,1-6H3. The summed E-state index contributed by atoms with van der Waals surface area (Å²) in [7, 11) is 0. The van der Waals surface area contributed by atoms with E-state index >= 15 is 0 Å². The fourth-order valence-corrected chi connectivity index (χ4v) is 12.3. The SMILES string of the molecule is CC(C)(C)c1ccc2c(c1)C1(c3cc(C(C)(C)C)ccc3O2)c2ccccc2-c2ccc(N(c3ccccc3)c3ccc4c(c3)C3(c5ccccc5-c5ccccc53)c3ccccc3-4)cc21. The third kappa shape index (κ3) is 5.13. The molecule has 0 saturated carbocycles. The molecule has 1 aliphatic heterocycles. The topological polar surface area (TPSA) is 12.5 Å². The molecule has 318 valence electrons. The zero-order valence-corrected chi connectivity index (χ0v) is 38.4. The molecule has 2 nitrogen and oxygen atoms in total. The highest BCUT2D eigenvalue weighted by Crippen LogP contribution is 2.65. The lowest BCUT2D eigenvalue weighted by Gasteiger charge is -2.41. The van der Waals surface area contributed by atoms with E-state index in [1.165, 1.54) is 89.0 Å². The van der Waals surface area contributed by atoms with Crippen LogP contribution in [-0.2, 0) is 21.7 Å². The van der Waals surface area contributed by atoms with E-state index in [9.17, 15) is 0 Å². The van der Waals surface area contributed by atoms with Crippen molar-refractivity contribution in [2.24, 2.45) is 0 Å². The van der Waals surface area contributed by atoms with Crippen molar-refractivity contribution in [3.63, 3.8) is 0 Å². The Bertz CT molecular complexity index is 3360. The van der Waals surface area contributed by atoms with E-state index in [1.54, 1.807) is 0 Å². The average molecular weight is 850 g/mol. The summed E-state index contributed by atoms with van der Waals surface area (Å²) in [5.74, 6) is 1.82. The molecule has 0 amide bonds. The van der Waals surface area contributed by atoms with Gasteiger partial charge in [0.05, 0.1) is 10.8 Å². The fourth-order valence-electron chi connectivity index (χ4n) is 12.3. The molecule has 2 heteroatoms. The van der Waals surface area contributed by atoms with E-state index in [-0.39, 0.29) is 10.8 Å². The summed E-state index contributed by atoms with van der Waals surface area (Å²) >= 11 is 0. The highest BCUT2D eigenvalue weighted by Gasteiger charge is 2.53. The molecule has 0 fully saturated rings. The Labute approximate surface area is 388 Å². The Balaban J connectivity index is 1.09. The number of nitrogens with zero attached hydrogens (tertiary/aromatic N) is 1. The molecule has 2 spiro atoms. The maximum atomic E-state index is 7.00. The van der Waals surface area contributed by atoms with Crippen molar-refractivity contribution in [2.75, 3.05) is 4.90 Å². The minimum atomic E-state index is -0.642. The average Bonchev–Trinajstić information content (AvgIpc) is 3.91. The van der Waals surface area contributed by atoms with Crippen molar-refractivity contribution in [2.45, 2.75) is 63.2 Å². The normalized spacial score (nSPS) is 14.9. The quantitative estimate of drug-likeness (QED) is 0.176. The third-order valence-corrected chi connectivity index (χ3v) is 15.3. The van der Waals surface area contributed by atoms with Crippen molar-refractivity contribution in [3.8, 4) is 44.9 Å². The molecule has 1 heterocycles. The maximum Gasteiger partial charge on any atom is 0.132 e. The van der Waals surface area contributed by atoms with Crippen molar-refractivity contribution in [1.29, 1.82) is 0 Å². The van der Waals surface area contributed by atoms with Crippen LogP contribution in [0.3, 0.4) is 0 Å². The number of ether oxygens (including phenoxy) is 1. The Hall–Kier alpha value is -7.42. The van der Waals surface area contributed by atoms with Gasteiger partial charge in [0.25, 0.3) is 0 Å². The van der Waals surface area contributed by atoms with Gasteiger partial charge in [0.15, 0.2) is 0 Å². The van der Waals surface area contributed by atoms with Gasteiger partial charge in [-0.15, -0.1) is 0 Å². The lowest BCUT2D eigenvalue weighted by molar-refractivity contribution is 0.433. The lowest BCUT2D eigenvalue weighted by atomic mass is 9.64. The van der Waals surface area contributed by atoms with Crippen LogP contribution in [0.15, 0.2) is 200 Å². The summed E-state index contributed by atoms with van der Waals surface area (Å²) in [6.07, 6.45) is 0. The molecule has 66 heavy (non-hydrogen) atoms. The van der Waals surface area contributed by atoms with Gasteiger partial charge in [-0.25, -0.2) is 0 Å². The second-order valence-corrected chi connectivity index (χ2v) is 20.8. The van der Waals surface area contributed by atoms with Gasteiger partial charge in [0, 0.05) is 28.2 Å². The summed E-state index contributed by atoms with van der Waals surface area (Å²) in [4.78, 5) is 2.49. The predicted octanol–water partition coefficient (Wildman–Crippen LogP) is 16.6. The Morgan fingerprint density at radius 3 is 1.05 bits per heavy atom. The molecule has 0 radical (unpaired) electrons. The van der Waals surface area contributed by atoms with Gasteiger partial charge in [-0.1, -0.05) is 181 Å². The first-order valence-corrected chi connectivity index (χ1v) is 23.5. The molecule has 0 unspecified atom stereocenters. The molecule has 13 rings (SSSR count). The molecule has 4 aliphatic rings. The van der Waals surface area contributed by atoms with Crippen LogP contribution in [0.5, 0.6) is 11.5 Å². The van der Waals surface area contributed by atoms with Gasteiger partial charge in [0.2, 0.25) is 0 Å². The third-order valence-electron chi connectivity index (χ3n) is 15.3. The van der Waals surface area contributed by atoms with Gasteiger partial charge in [0.1, 0.15) is 11.5 Å². The van der Waals surface area contributed by atoms with Crippen molar-refractivity contribution in [3.05, 3.63) is 256 Å². The minimum Gasteiger partial charge on any atom is -0.457 e. The lowest BCUT2D eigenvalue weighted by Crippen LogP contribution is -2.33. The monoisotopic (exact) mass is 849 g/mol. The fraction of sp³-hybridized carbons (Fsp3) is 0.156. The second-order valence-electron chi connectivity index (χ2n) is 20.8. The molecule has 0 atom stereocenters. The molecule has 3 aliphatic carbocycles. The Morgan fingerprint density at radius 2 is 0.652 bits per heavy atom. The summed E-state index contributed by atoms with van der Waals surface area (Å²) < 4.78 is 7.00. The zero-order chi connectivity index (χ0) is 44.7. The van der Waals surface area contributed by atoms with E-state index < -0.39 is 10.8 Å². The van der Waals surface area contributed by atoms with Gasteiger partial charge in [-0.2, -0.15) is 0 Å². The number of rotatable bonds is 3. The first-order valence-electron chi connectivity index (χ1n) is 23.5. The minimum absolute atomic E-state index is 0.0679. The first-order chi connectivity index (χ1) is 32.0. The molecule has 9 aromatic carbocycles. The molecular formula is C64H51NO. The van der Waals surface area contributed by atoms with Crippen LogP contribution in [0.25, 0.3) is 33.4 Å². The van der Waals surface area contributed by atoms with Crippen molar-refractivity contribution in [1.82, 2.24) is 0 Å². The van der Waals surface area contributed by atoms with Crippen LogP contribution in [0, 0.1) is 0 Å². The van der Waals surface area contributed by atoms with Crippen LogP contribution in [0.2, 0.25) is 0 Å². The van der Waals surface area contributed by atoms with Crippen LogP contribution in [0.4, 0.5) is 17.1 Å². The Morgan fingerprint density at radius 1 is 0.303 bits per heavy atom. The van der Waals surface area contributed by atoms with Gasteiger partial charge in [-0.05, 0) is 149 Å². The van der Waals surface area contributed by atoms with Crippen LogP contribution < -0.4 is 9.64 Å². The van der Waals surface area contributed by atoms with Crippen molar-refractivity contribution >= 4 is 17.1 Å². The van der Waals surface area contributed by atoms with Gasteiger partial charge >= 0.3 is 0 Å². The number of fused-ring (bicyclic) bond motifs is 19. The molecule has 0 N–H and O–H groups in total. The van der Waals surface area contributed by atoms with E-state index in [4.69, 9.17) is 4.74 Å². The molecule has 0 saturated heterocycles. The molecule has 9 aromatic rings. The summed E-state index contributed by atoms with van der Waals surface area (Å²) in [5.41, 5.74) is 22.7.